The first-order valence-electron chi connectivity index (χ1n) is 18.8. The van der Waals surface area contributed by atoms with Crippen molar-refractivity contribution >= 4 is 46.4 Å². The standard InChI is InChI=1S/C46H40N4O6/c1-27-13-15-31(16-14-27)48-50-43(53)38-26-36-34(41(37-25-33(56-2)21-24-39(37)51)46(38,45(50)55)28-9-5-3-6-10-28)22-23-35-40(36)44(54)49(42(35)52)32-19-17-30(18-20-32)47-29-11-7-4-8-12-29/h3-22,24-25,35-36,38,40-41,47-48,51H,23,26H2,1-2H3. The van der Waals surface area contributed by atoms with Gasteiger partial charge in [-0.25, -0.2) is 0 Å². The highest BCUT2D eigenvalue weighted by Gasteiger charge is 2.70. The molecule has 280 valence electrons. The zero-order chi connectivity index (χ0) is 38.7. The highest BCUT2D eigenvalue weighted by Crippen LogP contribution is 2.65. The molecule has 6 unspecified atom stereocenters. The number of benzene rings is 5. The second kappa shape index (κ2) is 13.6. The van der Waals surface area contributed by atoms with E-state index in [0.29, 0.717) is 28.3 Å². The van der Waals surface area contributed by atoms with Crippen LogP contribution in [0.15, 0.2) is 139 Å². The Kier molecular flexibility index (Phi) is 8.49. The smallest absolute Gasteiger partial charge is 0.260 e. The highest BCUT2D eigenvalue weighted by molar-refractivity contribution is 6.22. The van der Waals surface area contributed by atoms with Crippen LogP contribution in [0.2, 0.25) is 0 Å². The molecule has 0 spiro atoms. The second-order valence-corrected chi connectivity index (χ2v) is 15.1. The number of carbonyl (C=O) groups excluding carboxylic acids is 4. The van der Waals surface area contributed by atoms with Gasteiger partial charge >= 0.3 is 0 Å². The van der Waals surface area contributed by atoms with Gasteiger partial charge in [-0.15, -0.1) is 0 Å². The van der Waals surface area contributed by atoms with Crippen LogP contribution in [0.4, 0.5) is 22.7 Å². The van der Waals surface area contributed by atoms with Crippen molar-refractivity contribution in [1.29, 1.82) is 0 Å². The Morgan fingerprint density at radius 3 is 2.09 bits per heavy atom. The summed E-state index contributed by atoms with van der Waals surface area (Å²) in [5, 5.41) is 16.1. The first-order valence-corrected chi connectivity index (χ1v) is 18.8. The minimum atomic E-state index is -1.51. The van der Waals surface area contributed by atoms with Gasteiger partial charge in [-0.1, -0.05) is 77.9 Å². The SMILES string of the molecule is COc1ccc(O)c(C2C3=CCC4C(=O)N(c5ccc(Nc6ccccc6)cc5)C(=O)C4C3CC3C(=O)N(Nc4ccc(C)cc4)C(=O)C32c2ccccc2)c1. The normalized spacial score (nSPS) is 25.3. The molecule has 10 nitrogen and oxygen atoms in total. The van der Waals surface area contributed by atoms with Crippen molar-refractivity contribution < 1.29 is 29.0 Å². The molecule has 56 heavy (non-hydrogen) atoms. The molecule has 2 aliphatic carbocycles. The molecule has 5 aromatic rings. The highest BCUT2D eigenvalue weighted by atomic mass is 16.5. The minimum absolute atomic E-state index is 0.0709. The number of carbonyl (C=O) groups is 4. The number of methoxy groups -OCH3 is 1. The Bertz CT molecular complexity index is 2400. The Balaban J connectivity index is 1.16. The number of hydrogen-bond donors (Lipinski definition) is 3. The molecule has 0 bridgehead atoms. The maximum atomic E-state index is 15.4. The molecule has 0 radical (unpaired) electrons. The summed E-state index contributed by atoms with van der Waals surface area (Å²) in [6.07, 6.45) is 2.38. The monoisotopic (exact) mass is 744 g/mol. The number of imide groups is 2. The number of para-hydroxylation sites is 1. The number of nitrogens with one attached hydrogen (secondary N) is 2. The van der Waals surface area contributed by atoms with Crippen LogP contribution in [0.5, 0.6) is 11.5 Å². The van der Waals surface area contributed by atoms with Gasteiger partial charge in [-0.05, 0) is 98.0 Å². The van der Waals surface area contributed by atoms with Gasteiger partial charge in [0.2, 0.25) is 11.8 Å². The first-order chi connectivity index (χ1) is 27.2. The lowest BCUT2D eigenvalue weighted by atomic mass is 9.49. The van der Waals surface area contributed by atoms with Crippen LogP contribution in [0, 0.1) is 30.6 Å². The lowest BCUT2D eigenvalue weighted by Crippen LogP contribution is -2.53. The Morgan fingerprint density at radius 1 is 0.732 bits per heavy atom. The third-order valence-corrected chi connectivity index (χ3v) is 12.1. The summed E-state index contributed by atoms with van der Waals surface area (Å²) in [7, 11) is 1.53. The number of fused-ring (bicyclic) bond motifs is 4. The molecule has 1 saturated carbocycles. The van der Waals surface area contributed by atoms with E-state index in [1.165, 1.54) is 18.1 Å². The minimum Gasteiger partial charge on any atom is -0.508 e. The molecule has 2 aliphatic heterocycles. The third-order valence-electron chi connectivity index (χ3n) is 12.1. The molecule has 10 heteroatoms. The van der Waals surface area contributed by atoms with Crippen molar-refractivity contribution in [2.24, 2.45) is 23.7 Å². The maximum absolute atomic E-state index is 15.4. The summed E-state index contributed by atoms with van der Waals surface area (Å²) in [5.41, 5.74) is 7.13. The number of anilines is 4. The second-order valence-electron chi connectivity index (χ2n) is 15.1. The van der Waals surface area contributed by atoms with Crippen molar-refractivity contribution in [1.82, 2.24) is 5.01 Å². The molecule has 5 aromatic carbocycles. The molecule has 2 saturated heterocycles. The van der Waals surface area contributed by atoms with Crippen LogP contribution in [-0.4, -0.2) is 40.9 Å². The molecule has 3 fully saturated rings. The quantitative estimate of drug-likeness (QED) is 0.109. The summed E-state index contributed by atoms with van der Waals surface area (Å²) in [4.78, 5) is 60.5. The van der Waals surface area contributed by atoms with Gasteiger partial charge in [0.15, 0.2) is 0 Å². The van der Waals surface area contributed by atoms with Crippen LogP contribution in [0.1, 0.15) is 35.4 Å². The molecule has 0 aromatic heterocycles. The molecule has 4 aliphatic rings. The van der Waals surface area contributed by atoms with Gasteiger partial charge in [0.05, 0.1) is 41.7 Å². The van der Waals surface area contributed by atoms with Crippen molar-refractivity contribution in [3.8, 4) is 11.5 Å². The Labute approximate surface area is 324 Å². The van der Waals surface area contributed by atoms with Gasteiger partial charge in [0.1, 0.15) is 11.5 Å². The largest absolute Gasteiger partial charge is 0.508 e. The van der Waals surface area contributed by atoms with E-state index in [9.17, 15) is 19.5 Å². The van der Waals surface area contributed by atoms with Crippen molar-refractivity contribution in [3.63, 3.8) is 0 Å². The number of rotatable bonds is 8. The van der Waals surface area contributed by atoms with Crippen LogP contribution in [-0.2, 0) is 24.6 Å². The lowest BCUT2D eigenvalue weighted by molar-refractivity contribution is -0.138. The van der Waals surface area contributed by atoms with E-state index >= 15 is 4.79 Å². The van der Waals surface area contributed by atoms with E-state index in [1.54, 1.807) is 24.3 Å². The maximum Gasteiger partial charge on any atom is 0.260 e. The van der Waals surface area contributed by atoms with Crippen molar-refractivity contribution in [2.75, 3.05) is 22.8 Å². The summed E-state index contributed by atoms with van der Waals surface area (Å²) < 4.78 is 5.63. The topological polar surface area (TPSA) is 128 Å². The van der Waals surface area contributed by atoms with Crippen molar-refractivity contribution in [3.05, 3.63) is 156 Å². The molecule has 4 amide bonds. The molecular weight excluding hydrogens is 705 g/mol. The zero-order valence-electron chi connectivity index (χ0n) is 30.9. The zero-order valence-corrected chi connectivity index (χ0v) is 30.9. The number of nitrogens with zero attached hydrogens (tertiary/aromatic N) is 2. The van der Waals surface area contributed by atoms with Crippen LogP contribution < -0.4 is 20.4 Å². The van der Waals surface area contributed by atoms with E-state index in [4.69, 9.17) is 4.74 Å². The first kappa shape index (κ1) is 35.0. The number of aromatic hydroxyl groups is 1. The van der Waals surface area contributed by atoms with Gasteiger partial charge < -0.3 is 15.2 Å². The average molecular weight is 745 g/mol. The van der Waals surface area contributed by atoms with Gasteiger partial charge in [0, 0.05) is 22.9 Å². The average Bonchev–Trinajstić information content (AvgIpc) is 3.60. The van der Waals surface area contributed by atoms with Gasteiger partial charge in [-0.3, -0.25) is 29.5 Å². The number of phenolic OH excluding ortho intramolecular Hbond substituents is 1. The number of hydrogen-bond acceptors (Lipinski definition) is 8. The Hall–Kier alpha value is -6.68. The predicted octanol–water partition coefficient (Wildman–Crippen LogP) is 7.64. The third kappa shape index (κ3) is 5.38. The summed E-state index contributed by atoms with van der Waals surface area (Å²) in [5.74, 6) is -5.01. The van der Waals surface area contributed by atoms with E-state index in [2.05, 4.69) is 10.7 Å². The fourth-order valence-corrected chi connectivity index (χ4v) is 9.62. The number of ether oxygens (including phenoxy) is 1. The molecule has 3 N–H and O–H groups in total. The fraction of sp³-hybridized carbons (Fsp3) is 0.217. The van der Waals surface area contributed by atoms with Gasteiger partial charge in [0.25, 0.3) is 11.8 Å². The molecule has 2 heterocycles. The van der Waals surface area contributed by atoms with Crippen LogP contribution in [0.3, 0.4) is 0 Å². The Morgan fingerprint density at radius 2 is 1.39 bits per heavy atom. The van der Waals surface area contributed by atoms with Crippen LogP contribution >= 0.6 is 0 Å². The number of phenols is 1. The van der Waals surface area contributed by atoms with Gasteiger partial charge in [-0.2, -0.15) is 5.01 Å². The summed E-state index contributed by atoms with van der Waals surface area (Å²) in [6, 6.07) is 38.4. The molecular formula is C46H40N4O6. The number of amides is 4. The number of aryl methyl sites for hydroxylation is 1. The van der Waals surface area contributed by atoms with E-state index < -0.39 is 46.8 Å². The van der Waals surface area contributed by atoms with Crippen molar-refractivity contribution in [2.45, 2.75) is 31.1 Å². The molecule has 6 atom stereocenters. The predicted molar refractivity (Wildman–Crippen MR) is 212 cm³/mol. The molecule has 9 rings (SSSR count). The lowest BCUT2D eigenvalue weighted by Gasteiger charge is -2.50. The summed E-state index contributed by atoms with van der Waals surface area (Å²) in [6.45, 7) is 1.96. The fourth-order valence-electron chi connectivity index (χ4n) is 9.62. The van der Waals surface area contributed by atoms with E-state index in [1.807, 2.05) is 110 Å². The van der Waals surface area contributed by atoms with E-state index in [0.717, 1.165) is 27.5 Å². The van der Waals surface area contributed by atoms with Crippen LogP contribution in [0.25, 0.3) is 0 Å². The summed E-state index contributed by atoms with van der Waals surface area (Å²) >= 11 is 0. The number of allylic oxidation sites excluding steroid dienone is 2. The van der Waals surface area contributed by atoms with E-state index in [-0.39, 0.29) is 30.4 Å². The number of hydrazine groups is 1.